The number of piperidine rings is 1. The maximum atomic E-state index is 15.4. The van der Waals surface area contributed by atoms with Crippen LogP contribution in [0, 0.1) is 12.7 Å². The van der Waals surface area contributed by atoms with E-state index in [0.29, 0.717) is 48.7 Å². The van der Waals surface area contributed by atoms with Gasteiger partial charge in [0.1, 0.15) is 11.6 Å². The van der Waals surface area contributed by atoms with E-state index in [1.807, 2.05) is 75.7 Å². The summed E-state index contributed by atoms with van der Waals surface area (Å²) in [6, 6.07) is 14.6. The summed E-state index contributed by atoms with van der Waals surface area (Å²) in [6.07, 6.45) is 6.56. The van der Waals surface area contributed by atoms with Crippen LogP contribution in [-0.2, 0) is 19.0 Å². The number of hydrogen-bond acceptors (Lipinski definition) is 7. The Morgan fingerprint density at radius 2 is 1.78 bits per heavy atom. The highest BCUT2D eigenvalue weighted by molar-refractivity contribution is 5.88. The number of aryl methyl sites for hydroxylation is 1. The Hall–Kier alpha value is -4.47. The molecule has 50 heavy (non-hydrogen) atoms. The van der Waals surface area contributed by atoms with Gasteiger partial charge in [0.15, 0.2) is 6.10 Å². The van der Waals surface area contributed by atoms with Gasteiger partial charge in [0, 0.05) is 36.8 Å². The first-order chi connectivity index (χ1) is 23.8. The van der Waals surface area contributed by atoms with Crippen molar-refractivity contribution in [2.24, 2.45) is 0 Å². The van der Waals surface area contributed by atoms with Gasteiger partial charge in [-0.1, -0.05) is 36.4 Å². The van der Waals surface area contributed by atoms with Gasteiger partial charge < -0.3 is 23.8 Å². The van der Waals surface area contributed by atoms with Gasteiger partial charge in [0.05, 0.1) is 53.5 Å². The topological polar surface area (TPSA) is 74.5 Å². The highest BCUT2D eigenvalue weighted by atomic mass is 19.1. The van der Waals surface area contributed by atoms with Crippen LogP contribution in [-0.4, -0.2) is 59.7 Å². The minimum Gasteiger partial charge on any atom is -0.490 e. The van der Waals surface area contributed by atoms with Gasteiger partial charge in [-0.25, -0.2) is 13.7 Å². The Morgan fingerprint density at radius 3 is 2.44 bits per heavy atom. The highest BCUT2D eigenvalue weighted by Gasteiger charge is 2.37. The number of rotatable bonds is 13. The van der Waals surface area contributed by atoms with Crippen LogP contribution in [0.5, 0.6) is 5.75 Å². The minimum absolute atomic E-state index is 0.164. The monoisotopic (exact) mass is 683 g/mol. The van der Waals surface area contributed by atoms with Gasteiger partial charge in [-0.05, 0) is 89.8 Å². The van der Waals surface area contributed by atoms with Gasteiger partial charge in [-0.3, -0.25) is 0 Å². The van der Waals surface area contributed by atoms with Gasteiger partial charge in [-0.15, -0.1) is 13.2 Å². The molecular weight excluding hydrogens is 633 g/mol. The summed E-state index contributed by atoms with van der Waals surface area (Å²) in [5, 5.41) is 5.02. The maximum Gasteiger partial charge on any atom is 0.339 e. The molecular formula is C41H50FN3O5. The molecule has 266 valence electrons. The number of halogens is 1. The van der Waals surface area contributed by atoms with E-state index in [4.69, 9.17) is 24.0 Å². The van der Waals surface area contributed by atoms with Gasteiger partial charge >= 0.3 is 5.97 Å². The normalized spacial score (nSPS) is 15.8. The molecule has 0 N–H and O–H groups in total. The molecule has 1 aliphatic heterocycles. The lowest BCUT2D eigenvalue weighted by Gasteiger charge is -2.41. The molecule has 1 fully saturated rings. The van der Waals surface area contributed by atoms with Crippen LogP contribution in [0.4, 0.5) is 10.1 Å². The molecule has 0 amide bonds. The molecule has 5 rings (SSSR count). The summed E-state index contributed by atoms with van der Waals surface area (Å²) in [4.78, 5) is 15.7. The molecule has 0 saturated carbocycles. The van der Waals surface area contributed by atoms with Crippen molar-refractivity contribution in [2.75, 3.05) is 31.7 Å². The maximum absolute atomic E-state index is 15.4. The van der Waals surface area contributed by atoms with E-state index in [2.05, 4.69) is 25.0 Å². The number of pyridine rings is 1. The molecule has 2 aromatic carbocycles. The van der Waals surface area contributed by atoms with Crippen LogP contribution in [0.2, 0.25) is 0 Å². The number of anilines is 1. The van der Waals surface area contributed by atoms with Crippen LogP contribution >= 0.6 is 0 Å². The molecule has 3 heterocycles. The first-order valence-corrected chi connectivity index (χ1v) is 17.2. The van der Waals surface area contributed by atoms with Crippen LogP contribution in [0.15, 0.2) is 80.0 Å². The average Bonchev–Trinajstić information content (AvgIpc) is 3.49. The Kier molecular flexibility index (Phi) is 11.2. The fraction of sp³-hybridized carbons (Fsp3) is 0.415. The first-order valence-electron chi connectivity index (χ1n) is 17.2. The number of benzene rings is 2. The van der Waals surface area contributed by atoms with E-state index in [1.54, 1.807) is 24.3 Å². The summed E-state index contributed by atoms with van der Waals surface area (Å²) in [5.74, 6) is -0.372. The minimum atomic E-state index is -0.963. The highest BCUT2D eigenvalue weighted by Crippen LogP contribution is 2.42. The van der Waals surface area contributed by atoms with E-state index in [0.717, 1.165) is 40.7 Å². The van der Waals surface area contributed by atoms with E-state index in [-0.39, 0.29) is 17.5 Å². The average molecular weight is 684 g/mol. The standard InChI is InChI=1S/C41H50FN3O5/c1-10-14-28(4)49-34-18-13-17-31(42)36(34)30-16-12-15-29(24-30)32-25-33-37(44-21-19-41(8,20-22-44)48-23-11-2)35(27(3)26-45(33)43-32)38(39(46)47-9)50-40(5,6)7/h10-13,15-18,24-26,28,38H,1-2,14,19-23H2,3-9H3/t28-,38?/m0/s1. The summed E-state index contributed by atoms with van der Waals surface area (Å²) >= 11 is 0. The van der Waals surface area contributed by atoms with Crippen molar-refractivity contribution >= 4 is 17.2 Å². The van der Waals surface area contributed by atoms with Crippen molar-refractivity contribution in [1.82, 2.24) is 9.61 Å². The number of hydrogen-bond donors (Lipinski definition) is 0. The van der Waals surface area contributed by atoms with Gasteiger partial charge in [-0.2, -0.15) is 5.10 Å². The Morgan fingerprint density at radius 1 is 1.08 bits per heavy atom. The third-order valence-electron chi connectivity index (χ3n) is 9.06. The number of ether oxygens (including phenoxy) is 4. The lowest BCUT2D eigenvalue weighted by molar-refractivity contribution is -0.164. The molecule has 1 saturated heterocycles. The SMILES string of the molecule is C=CCOC1(C)CCN(c2c(C(OC(C)(C)C)C(=O)OC)c(C)cn3nc(-c4cccc(-c5c(F)cccc5O[C@@H](C)CC=C)c4)cc23)CC1. The van der Waals surface area contributed by atoms with E-state index in [9.17, 15) is 4.79 Å². The van der Waals surface area contributed by atoms with Crippen molar-refractivity contribution in [2.45, 2.75) is 84.2 Å². The zero-order valence-corrected chi connectivity index (χ0v) is 30.4. The molecule has 0 aliphatic carbocycles. The van der Waals surface area contributed by atoms with E-state index < -0.39 is 17.7 Å². The number of carbonyl (C=O) groups is 1. The largest absolute Gasteiger partial charge is 0.490 e. The van der Waals surface area contributed by atoms with Crippen molar-refractivity contribution in [1.29, 1.82) is 0 Å². The fourth-order valence-electron chi connectivity index (χ4n) is 6.56. The first kappa shape index (κ1) is 36.8. The second-order valence-corrected chi connectivity index (χ2v) is 14.3. The second kappa shape index (κ2) is 15.2. The van der Waals surface area contributed by atoms with Crippen molar-refractivity contribution < 1.29 is 28.1 Å². The lowest BCUT2D eigenvalue weighted by Crippen LogP contribution is -2.45. The number of fused-ring (bicyclic) bond motifs is 1. The van der Waals surface area contributed by atoms with Crippen molar-refractivity contribution in [3.63, 3.8) is 0 Å². The zero-order chi connectivity index (χ0) is 36.2. The lowest BCUT2D eigenvalue weighted by atomic mass is 9.91. The number of aromatic nitrogens is 2. The van der Waals surface area contributed by atoms with Crippen LogP contribution < -0.4 is 9.64 Å². The Bertz CT molecular complexity index is 1850. The summed E-state index contributed by atoms with van der Waals surface area (Å²) in [6.45, 7) is 21.3. The third-order valence-corrected chi connectivity index (χ3v) is 9.06. The summed E-state index contributed by atoms with van der Waals surface area (Å²) in [5.41, 5.74) is 4.93. The second-order valence-electron chi connectivity index (χ2n) is 14.3. The fourth-order valence-corrected chi connectivity index (χ4v) is 6.56. The van der Waals surface area contributed by atoms with E-state index in [1.165, 1.54) is 13.2 Å². The van der Waals surface area contributed by atoms with Crippen molar-refractivity contribution in [3.05, 3.63) is 97.0 Å². The van der Waals surface area contributed by atoms with Crippen LogP contribution in [0.3, 0.4) is 0 Å². The summed E-state index contributed by atoms with van der Waals surface area (Å²) < 4.78 is 41.4. The zero-order valence-electron chi connectivity index (χ0n) is 30.4. The summed E-state index contributed by atoms with van der Waals surface area (Å²) in [7, 11) is 1.38. The molecule has 0 bridgehead atoms. The van der Waals surface area contributed by atoms with Crippen LogP contribution in [0.1, 0.15) is 71.1 Å². The molecule has 8 nitrogen and oxygen atoms in total. The molecule has 0 spiro atoms. The van der Waals surface area contributed by atoms with Gasteiger partial charge in [0.2, 0.25) is 0 Å². The number of nitrogens with zero attached hydrogens (tertiary/aromatic N) is 3. The molecule has 4 aromatic rings. The van der Waals surface area contributed by atoms with E-state index >= 15 is 4.39 Å². The quantitative estimate of drug-likeness (QED) is 0.103. The van der Waals surface area contributed by atoms with Crippen LogP contribution in [0.25, 0.3) is 27.9 Å². The molecule has 0 radical (unpaired) electrons. The molecule has 9 heteroatoms. The Labute approximate surface area is 295 Å². The predicted molar refractivity (Wildman–Crippen MR) is 197 cm³/mol. The predicted octanol–water partition coefficient (Wildman–Crippen LogP) is 9.05. The number of methoxy groups -OCH3 is 1. The molecule has 1 unspecified atom stereocenters. The Balaban J connectivity index is 1.65. The molecule has 2 aromatic heterocycles. The number of esters is 1. The molecule has 2 atom stereocenters. The van der Waals surface area contributed by atoms with Gasteiger partial charge in [0.25, 0.3) is 0 Å². The van der Waals surface area contributed by atoms with Crippen molar-refractivity contribution in [3.8, 4) is 28.1 Å². The third kappa shape index (κ3) is 8.11. The molecule has 1 aliphatic rings. The smallest absolute Gasteiger partial charge is 0.339 e. The number of carbonyl (C=O) groups excluding carboxylic acids is 1.